The first kappa shape index (κ1) is 21.5. The first-order valence-corrected chi connectivity index (χ1v) is 10.0. The summed E-state index contributed by atoms with van der Waals surface area (Å²) in [4.78, 5) is 22.1. The van der Waals surface area contributed by atoms with Crippen molar-refractivity contribution >= 4 is 11.9 Å². The molecule has 1 heterocycles. The van der Waals surface area contributed by atoms with Gasteiger partial charge in [-0.25, -0.2) is 9.59 Å². The fraction of sp³-hybridized carbons (Fsp3) is 0.619. The first-order chi connectivity index (χ1) is 13.7. The number of carbonyl (C=O) groups is 2. The molecule has 160 valence electrons. The van der Waals surface area contributed by atoms with Crippen LogP contribution in [0.3, 0.4) is 0 Å². The van der Waals surface area contributed by atoms with Crippen molar-refractivity contribution in [2.45, 2.75) is 62.2 Å². The molecule has 0 radical (unpaired) electrons. The minimum Gasteiger partial charge on any atom is -0.508 e. The minimum absolute atomic E-state index is 0.377. The van der Waals surface area contributed by atoms with E-state index in [9.17, 15) is 14.7 Å². The topological polar surface area (TPSA) is 139 Å². The van der Waals surface area contributed by atoms with Crippen molar-refractivity contribution in [1.82, 2.24) is 4.90 Å². The monoisotopic (exact) mass is 407 g/mol. The molecular weight excluding hydrogens is 378 g/mol. The lowest BCUT2D eigenvalue weighted by Crippen LogP contribution is -2.59. The molecule has 1 aliphatic heterocycles. The largest absolute Gasteiger partial charge is 0.508 e. The molecule has 8 nitrogen and oxygen atoms in total. The average Bonchev–Trinajstić information content (AvgIpc) is 2.70. The van der Waals surface area contributed by atoms with Crippen molar-refractivity contribution in [2.75, 3.05) is 13.6 Å². The molecule has 1 aromatic carbocycles. The van der Waals surface area contributed by atoms with Crippen LogP contribution in [0.25, 0.3) is 0 Å². The van der Waals surface area contributed by atoms with E-state index in [-0.39, 0.29) is 0 Å². The molecule has 5 atom stereocenters. The second kappa shape index (κ2) is 8.30. The number of likely N-dealkylation sites (tertiary alicyclic amines) is 1. The van der Waals surface area contributed by atoms with Crippen molar-refractivity contribution in [2.24, 2.45) is 5.92 Å². The number of nitrogens with zero attached hydrogens (tertiary/aromatic N) is 1. The van der Waals surface area contributed by atoms with Gasteiger partial charge < -0.3 is 30.4 Å². The molecule has 4 rings (SSSR count). The number of fused-ring (bicyclic) bond motifs is 1. The normalized spacial score (nSPS) is 30.0. The number of carboxylic acids is 2. The second-order valence-electron chi connectivity index (χ2n) is 8.42. The molecule has 2 fully saturated rings. The van der Waals surface area contributed by atoms with Crippen LogP contribution in [0.5, 0.6) is 5.75 Å². The Balaban J connectivity index is 0.000000207. The van der Waals surface area contributed by atoms with Crippen LogP contribution in [0, 0.1) is 5.92 Å². The zero-order chi connectivity index (χ0) is 21.3. The van der Waals surface area contributed by atoms with Crippen LogP contribution in [0.4, 0.5) is 0 Å². The van der Waals surface area contributed by atoms with Crippen molar-refractivity contribution in [1.29, 1.82) is 0 Å². The Bertz CT molecular complexity index is 764. The number of aliphatic carboxylic acids is 2. The molecule has 2 aliphatic carbocycles. The Labute approximate surface area is 169 Å². The van der Waals surface area contributed by atoms with Crippen LogP contribution >= 0.6 is 0 Å². The van der Waals surface area contributed by atoms with Gasteiger partial charge in [-0.2, -0.15) is 0 Å². The number of rotatable bonds is 3. The van der Waals surface area contributed by atoms with Gasteiger partial charge in [0.2, 0.25) is 0 Å². The maximum Gasteiger partial charge on any atom is 0.335 e. The minimum atomic E-state index is -2.27. The van der Waals surface area contributed by atoms with Gasteiger partial charge in [0.05, 0.1) is 0 Å². The number of carboxylic acid groups (broad SMARTS) is 2. The molecule has 1 saturated heterocycles. The van der Waals surface area contributed by atoms with Gasteiger partial charge in [-0.15, -0.1) is 0 Å². The van der Waals surface area contributed by atoms with Gasteiger partial charge in [-0.3, -0.25) is 0 Å². The number of benzene rings is 1. The van der Waals surface area contributed by atoms with Crippen LogP contribution in [-0.2, 0) is 21.4 Å². The summed E-state index contributed by atoms with van der Waals surface area (Å²) in [5, 5.41) is 42.4. The summed E-state index contributed by atoms with van der Waals surface area (Å²) in [5.41, 5.74) is 3.36. The molecule has 0 aromatic heterocycles. The molecule has 2 unspecified atom stereocenters. The van der Waals surface area contributed by atoms with Gasteiger partial charge in [-0.1, -0.05) is 18.9 Å². The number of likely N-dealkylation sites (N-methyl/N-ethyl adjacent to an activating group) is 1. The molecule has 0 amide bonds. The highest BCUT2D eigenvalue weighted by Crippen LogP contribution is 2.55. The van der Waals surface area contributed by atoms with Gasteiger partial charge in [0, 0.05) is 11.5 Å². The molecule has 2 bridgehead atoms. The van der Waals surface area contributed by atoms with Crippen LogP contribution in [0.2, 0.25) is 0 Å². The highest BCUT2D eigenvalue weighted by atomic mass is 16.4. The fourth-order valence-corrected chi connectivity index (χ4v) is 5.45. The highest BCUT2D eigenvalue weighted by Gasteiger charge is 2.53. The summed E-state index contributed by atoms with van der Waals surface area (Å²) < 4.78 is 0. The summed E-state index contributed by atoms with van der Waals surface area (Å²) in [6, 6.07) is 6.85. The van der Waals surface area contributed by atoms with E-state index >= 15 is 0 Å². The van der Waals surface area contributed by atoms with Gasteiger partial charge in [-0.05, 0) is 68.5 Å². The van der Waals surface area contributed by atoms with E-state index in [1.807, 2.05) is 6.07 Å². The number of aromatic hydroxyl groups is 1. The Kier molecular flexibility index (Phi) is 6.16. The van der Waals surface area contributed by atoms with E-state index < -0.39 is 24.1 Å². The van der Waals surface area contributed by atoms with E-state index in [1.165, 1.54) is 56.2 Å². The predicted octanol–water partition coefficient (Wildman–Crippen LogP) is 0.958. The molecule has 0 spiro atoms. The maximum absolute atomic E-state index is 9.91. The first-order valence-electron chi connectivity index (χ1n) is 10.0. The molecule has 1 aromatic rings. The molecular formula is C21H29NO7. The van der Waals surface area contributed by atoms with E-state index in [0.29, 0.717) is 11.2 Å². The summed E-state index contributed by atoms with van der Waals surface area (Å²) in [6.45, 7) is 1.22. The third-order valence-electron chi connectivity index (χ3n) is 6.90. The highest BCUT2D eigenvalue weighted by molar-refractivity contribution is 5.83. The number of hydrogen-bond acceptors (Lipinski definition) is 6. The number of aliphatic hydroxyl groups excluding tert-OH is 2. The number of phenols is 1. The van der Waals surface area contributed by atoms with Crippen molar-refractivity contribution in [3.8, 4) is 5.75 Å². The summed E-state index contributed by atoms with van der Waals surface area (Å²) in [5.74, 6) is -2.27. The summed E-state index contributed by atoms with van der Waals surface area (Å²) >= 11 is 0. The molecule has 8 heteroatoms. The standard InChI is InChI=1S/C17H23NO.C4H6O6/c1-18-9-8-17-7-3-2-4-14(17)16(18)10-12-5-6-13(19)11-15(12)17;5-1(3(7)8)2(6)4(9)10/h5-6,11,14,16,19H,2-4,7-10H2,1H3;1-2,5-6H,(H,7,8)(H,9,10)/t14-,16+,17+;/m0./s1. The van der Waals surface area contributed by atoms with E-state index in [1.54, 1.807) is 0 Å². The Morgan fingerprint density at radius 1 is 1.10 bits per heavy atom. The van der Waals surface area contributed by atoms with Crippen molar-refractivity contribution in [3.63, 3.8) is 0 Å². The second-order valence-corrected chi connectivity index (χ2v) is 8.42. The zero-order valence-corrected chi connectivity index (χ0v) is 16.5. The number of hydrogen-bond donors (Lipinski definition) is 5. The summed E-state index contributed by atoms with van der Waals surface area (Å²) in [7, 11) is 2.30. The maximum atomic E-state index is 9.91. The average molecular weight is 407 g/mol. The van der Waals surface area contributed by atoms with Crippen LogP contribution in [0.1, 0.15) is 43.2 Å². The lowest BCUT2D eigenvalue weighted by atomic mass is 9.52. The molecule has 29 heavy (non-hydrogen) atoms. The number of piperidine rings is 1. The summed E-state index contributed by atoms with van der Waals surface area (Å²) in [6.07, 6.45) is 3.39. The van der Waals surface area contributed by atoms with Gasteiger partial charge in [0.25, 0.3) is 0 Å². The van der Waals surface area contributed by atoms with Gasteiger partial charge in [0.1, 0.15) is 5.75 Å². The van der Waals surface area contributed by atoms with E-state index in [0.717, 1.165) is 12.0 Å². The smallest absolute Gasteiger partial charge is 0.335 e. The quantitative estimate of drug-likeness (QED) is 0.499. The third kappa shape index (κ3) is 3.97. The van der Waals surface area contributed by atoms with Crippen LogP contribution < -0.4 is 0 Å². The SMILES string of the molecule is CN1CC[C@]23CCCC[C@H]2[C@H]1Cc1ccc(O)cc13.O=C(O)C(O)C(O)C(=O)O. The third-order valence-corrected chi connectivity index (χ3v) is 6.90. The molecule has 5 N–H and O–H groups in total. The molecule has 3 aliphatic rings. The Morgan fingerprint density at radius 3 is 2.38 bits per heavy atom. The van der Waals surface area contributed by atoms with Crippen LogP contribution in [-0.4, -0.2) is 74.2 Å². The predicted molar refractivity (Wildman–Crippen MR) is 104 cm³/mol. The van der Waals surface area contributed by atoms with E-state index in [4.69, 9.17) is 20.4 Å². The lowest BCUT2D eigenvalue weighted by Gasteiger charge is -2.58. The molecule has 1 saturated carbocycles. The lowest BCUT2D eigenvalue weighted by molar-refractivity contribution is -0.165. The van der Waals surface area contributed by atoms with E-state index in [2.05, 4.69) is 24.1 Å². The van der Waals surface area contributed by atoms with Gasteiger partial charge >= 0.3 is 11.9 Å². The van der Waals surface area contributed by atoms with Gasteiger partial charge in [0.15, 0.2) is 12.2 Å². The van der Waals surface area contributed by atoms with Crippen LogP contribution in [0.15, 0.2) is 18.2 Å². The Hall–Kier alpha value is -2.16. The fourth-order valence-electron chi connectivity index (χ4n) is 5.45. The number of aliphatic hydroxyl groups is 2. The van der Waals surface area contributed by atoms with Crippen molar-refractivity contribution in [3.05, 3.63) is 29.3 Å². The van der Waals surface area contributed by atoms with Crippen molar-refractivity contribution < 1.29 is 35.1 Å². The zero-order valence-electron chi connectivity index (χ0n) is 16.5. The number of phenolic OH excluding ortho intramolecular Hbond substituents is 1. The Morgan fingerprint density at radius 2 is 1.76 bits per heavy atom.